The van der Waals surface area contributed by atoms with Crippen LogP contribution in [0.3, 0.4) is 0 Å². The van der Waals surface area contributed by atoms with E-state index in [-0.39, 0.29) is 18.5 Å². The van der Waals surface area contributed by atoms with Crippen LogP contribution in [-0.2, 0) is 14.3 Å². The summed E-state index contributed by atoms with van der Waals surface area (Å²) in [7, 11) is 0. The van der Waals surface area contributed by atoms with Gasteiger partial charge in [-0.1, -0.05) is 19.3 Å². The van der Waals surface area contributed by atoms with Crippen LogP contribution in [-0.4, -0.2) is 36.2 Å². The van der Waals surface area contributed by atoms with Crippen molar-refractivity contribution in [3.8, 4) is 0 Å². The van der Waals surface area contributed by atoms with Crippen LogP contribution in [0.5, 0.6) is 0 Å². The third-order valence-electron chi connectivity index (χ3n) is 4.03. The molecule has 0 radical (unpaired) electrons. The number of aliphatic carboxylic acids is 1. The summed E-state index contributed by atoms with van der Waals surface area (Å²) in [5.41, 5.74) is 10.6. The van der Waals surface area contributed by atoms with Crippen molar-refractivity contribution in [2.45, 2.75) is 89.6 Å². The van der Waals surface area contributed by atoms with Gasteiger partial charge in [-0.05, 0) is 64.5 Å². The largest absolute Gasteiger partial charge is 0.481 e. The zero-order valence-corrected chi connectivity index (χ0v) is 15.0. The lowest BCUT2D eigenvalue weighted by Crippen LogP contribution is -2.20. The Kier molecular flexibility index (Phi) is 15.9. The number of carbonyl (C=O) groups is 2. The Hall–Kier alpha value is -1.14. The standard InChI is InChI=1S/C12H23NO2.C6H13NO2/c13-10-6-2-5-9-12(14)15-11-7-3-1-4-8-11;7-5-3-1-2-4-6(8)9/h11H,1-10,13H2;1-5,7H2,(H,8,9). The van der Waals surface area contributed by atoms with Crippen LogP contribution in [0.25, 0.3) is 0 Å². The molecule has 1 aliphatic rings. The van der Waals surface area contributed by atoms with Crippen LogP contribution in [0.2, 0.25) is 0 Å². The normalized spacial score (nSPS) is 14.6. The SMILES string of the molecule is NCCCCCC(=O)O.NCCCCCC(=O)OC1CCCCC1. The fraction of sp³-hybridized carbons (Fsp3) is 0.889. The summed E-state index contributed by atoms with van der Waals surface area (Å²) >= 11 is 0. The number of carboxylic acids is 1. The van der Waals surface area contributed by atoms with E-state index in [1.807, 2.05) is 0 Å². The zero-order chi connectivity index (χ0) is 18.0. The molecule has 0 aromatic carbocycles. The predicted octanol–water partition coefficient (Wildman–Crippen LogP) is 2.97. The minimum atomic E-state index is -0.716. The monoisotopic (exact) mass is 344 g/mol. The molecular formula is C18H36N2O4. The fourth-order valence-electron chi connectivity index (χ4n) is 2.62. The zero-order valence-electron chi connectivity index (χ0n) is 15.0. The van der Waals surface area contributed by atoms with E-state index in [4.69, 9.17) is 21.3 Å². The van der Waals surface area contributed by atoms with Gasteiger partial charge in [-0.15, -0.1) is 0 Å². The molecule has 0 unspecified atom stereocenters. The highest BCUT2D eigenvalue weighted by Gasteiger charge is 2.16. The molecule has 0 atom stereocenters. The first-order chi connectivity index (χ1) is 11.6. The lowest BCUT2D eigenvalue weighted by Gasteiger charge is -2.21. The average Bonchev–Trinajstić information content (AvgIpc) is 2.57. The average molecular weight is 344 g/mol. The highest BCUT2D eigenvalue weighted by molar-refractivity contribution is 5.69. The van der Waals surface area contributed by atoms with Crippen molar-refractivity contribution >= 4 is 11.9 Å². The van der Waals surface area contributed by atoms with Crippen LogP contribution in [0.1, 0.15) is 83.5 Å². The number of rotatable bonds is 11. The van der Waals surface area contributed by atoms with Crippen molar-refractivity contribution < 1.29 is 19.4 Å². The van der Waals surface area contributed by atoms with Crippen molar-refractivity contribution in [3.05, 3.63) is 0 Å². The number of unbranched alkanes of at least 4 members (excludes halogenated alkanes) is 4. The van der Waals surface area contributed by atoms with Gasteiger partial charge in [0.1, 0.15) is 6.10 Å². The summed E-state index contributed by atoms with van der Waals surface area (Å²) in [5.74, 6) is -0.731. The van der Waals surface area contributed by atoms with Gasteiger partial charge in [0.25, 0.3) is 0 Å². The third kappa shape index (κ3) is 15.7. The van der Waals surface area contributed by atoms with Crippen molar-refractivity contribution in [3.63, 3.8) is 0 Å². The first-order valence-corrected chi connectivity index (χ1v) is 9.41. The maximum Gasteiger partial charge on any atom is 0.306 e. The van der Waals surface area contributed by atoms with E-state index in [0.717, 1.165) is 57.9 Å². The molecule has 1 aliphatic carbocycles. The van der Waals surface area contributed by atoms with Crippen LogP contribution in [0, 0.1) is 0 Å². The van der Waals surface area contributed by atoms with Gasteiger partial charge in [0.2, 0.25) is 0 Å². The number of hydrogen-bond acceptors (Lipinski definition) is 5. The Balaban J connectivity index is 0.000000506. The minimum absolute atomic E-state index is 0.0149. The summed E-state index contributed by atoms with van der Waals surface area (Å²) in [6.45, 7) is 1.39. The lowest BCUT2D eigenvalue weighted by atomic mass is 9.98. The molecule has 0 aromatic rings. The Morgan fingerprint density at radius 3 is 1.88 bits per heavy atom. The van der Waals surface area contributed by atoms with E-state index in [1.165, 1.54) is 19.3 Å². The van der Waals surface area contributed by atoms with E-state index >= 15 is 0 Å². The number of nitrogens with two attached hydrogens (primary N) is 2. The predicted molar refractivity (Wildman–Crippen MR) is 95.6 cm³/mol. The van der Waals surface area contributed by atoms with Crippen LogP contribution in [0.4, 0.5) is 0 Å². The Bertz CT molecular complexity index is 318. The smallest absolute Gasteiger partial charge is 0.306 e. The van der Waals surface area contributed by atoms with E-state index in [2.05, 4.69) is 0 Å². The van der Waals surface area contributed by atoms with Gasteiger partial charge in [-0.25, -0.2) is 0 Å². The second-order valence-corrected chi connectivity index (χ2v) is 6.34. The fourth-order valence-corrected chi connectivity index (χ4v) is 2.62. The van der Waals surface area contributed by atoms with Crippen molar-refractivity contribution in [1.29, 1.82) is 0 Å². The molecule has 0 aromatic heterocycles. The highest BCUT2D eigenvalue weighted by Crippen LogP contribution is 2.20. The summed E-state index contributed by atoms with van der Waals surface area (Å²) in [6.07, 6.45) is 12.5. The Labute approximate surface area is 146 Å². The number of carboxylic acid groups (broad SMARTS) is 1. The molecule has 5 N–H and O–H groups in total. The summed E-state index contributed by atoms with van der Waals surface area (Å²) in [5, 5.41) is 8.18. The first-order valence-electron chi connectivity index (χ1n) is 9.41. The number of ether oxygens (including phenoxy) is 1. The molecule has 0 bridgehead atoms. The molecule has 142 valence electrons. The number of esters is 1. The molecule has 0 amide bonds. The van der Waals surface area contributed by atoms with Gasteiger partial charge < -0.3 is 21.3 Å². The lowest BCUT2D eigenvalue weighted by molar-refractivity contribution is -0.150. The Morgan fingerprint density at radius 1 is 0.833 bits per heavy atom. The summed E-state index contributed by atoms with van der Waals surface area (Å²) in [6, 6.07) is 0. The molecule has 0 aliphatic heterocycles. The minimum Gasteiger partial charge on any atom is -0.481 e. The van der Waals surface area contributed by atoms with Crippen LogP contribution in [0.15, 0.2) is 0 Å². The van der Waals surface area contributed by atoms with E-state index in [0.29, 0.717) is 13.0 Å². The van der Waals surface area contributed by atoms with Gasteiger partial charge in [0.05, 0.1) is 0 Å². The topological polar surface area (TPSA) is 116 Å². The molecule has 0 saturated heterocycles. The second kappa shape index (κ2) is 16.7. The quantitative estimate of drug-likeness (QED) is 0.392. The molecule has 1 saturated carbocycles. The highest BCUT2D eigenvalue weighted by atomic mass is 16.5. The summed E-state index contributed by atoms with van der Waals surface area (Å²) in [4.78, 5) is 21.4. The molecule has 0 heterocycles. The van der Waals surface area contributed by atoms with Crippen molar-refractivity contribution in [2.75, 3.05) is 13.1 Å². The maximum absolute atomic E-state index is 11.4. The van der Waals surface area contributed by atoms with Gasteiger partial charge >= 0.3 is 11.9 Å². The molecule has 6 heteroatoms. The first kappa shape index (κ1) is 22.9. The van der Waals surface area contributed by atoms with E-state index < -0.39 is 5.97 Å². The third-order valence-corrected chi connectivity index (χ3v) is 4.03. The number of hydrogen-bond donors (Lipinski definition) is 3. The van der Waals surface area contributed by atoms with Gasteiger partial charge in [-0.2, -0.15) is 0 Å². The maximum atomic E-state index is 11.4. The Morgan fingerprint density at radius 2 is 1.38 bits per heavy atom. The molecule has 1 fully saturated rings. The molecule has 1 rings (SSSR count). The molecular weight excluding hydrogens is 308 g/mol. The van der Waals surface area contributed by atoms with Crippen molar-refractivity contribution in [1.82, 2.24) is 0 Å². The van der Waals surface area contributed by atoms with Crippen molar-refractivity contribution in [2.24, 2.45) is 11.5 Å². The van der Waals surface area contributed by atoms with E-state index in [9.17, 15) is 9.59 Å². The molecule has 24 heavy (non-hydrogen) atoms. The summed E-state index contributed by atoms with van der Waals surface area (Å²) < 4.78 is 5.40. The molecule has 0 spiro atoms. The van der Waals surface area contributed by atoms with Gasteiger partial charge in [0.15, 0.2) is 0 Å². The number of carbonyl (C=O) groups excluding carboxylic acids is 1. The van der Waals surface area contributed by atoms with Crippen LogP contribution >= 0.6 is 0 Å². The second-order valence-electron chi connectivity index (χ2n) is 6.34. The van der Waals surface area contributed by atoms with E-state index in [1.54, 1.807) is 0 Å². The van der Waals surface area contributed by atoms with Crippen LogP contribution < -0.4 is 11.5 Å². The molecule has 6 nitrogen and oxygen atoms in total. The van der Waals surface area contributed by atoms with Gasteiger partial charge in [0, 0.05) is 12.8 Å². The van der Waals surface area contributed by atoms with Gasteiger partial charge in [-0.3, -0.25) is 9.59 Å².